The van der Waals surface area contributed by atoms with Crippen molar-refractivity contribution >= 4 is 11.9 Å². The average Bonchev–Trinajstić information content (AvgIpc) is 2.64. The van der Waals surface area contributed by atoms with E-state index in [1.807, 2.05) is 30.3 Å². The summed E-state index contributed by atoms with van der Waals surface area (Å²) < 4.78 is 5.16. The number of ether oxygens (including phenoxy) is 1. The third-order valence-corrected chi connectivity index (χ3v) is 3.66. The van der Waals surface area contributed by atoms with Crippen molar-refractivity contribution in [3.63, 3.8) is 0 Å². The molecule has 0 heterocycles. The summed E-state index contributed by atoms with van der Waals surface area (Å²) in [4.78, 5) is 22.3. The van der Waals surface area contributed by atoms with Crippen molar-refractivity contribution in [1.29, 1.82) is 5.26 Å². The lowest BCUT2D eigenvalue weighted by atomic mass is 10.1. The maximum atomic E-state index is 11.9. The van der Waals surface area contributed by atoms with Crippen LogP contribution in [0.25, 0.3) is 0 Å². The van der Waals surface area contributed by atoms with E-state index in [2.05, 4.69) is 10.6 Å². The molecule has 0 unspecified atom stereocenters. The number of nitrogens with one attached hydrogen (secondary N) is 2. The van der Waals surface area contributed by atoms with Gasteiger partial charge in [0.25, 0.3) is 5.91 Å². The molecule has 0 fully saturated rings. The third kappa shape index (κ3) is 8.73. The normalized spacial score (nSPS) is 10.7. The summed E-state index contributed by atoms with van der Waals surface area (Å²) >= 11 is 0. The first-order valence-electron chi connectivity index (χ1n) is 8.53. The maximum Gasteiger partial charge on any atom is 0.303 e. The minimum atomic E-state index is -0.816. The predicted octanol–water partition coefficient (Wildman–Crippen LogP) is 2.00. The van der Waals surface area contributed by atoms with E-state index in [1.165, 1.54) is 6.20 Å². The Labute approximate surface area is 153 Å². The SMILES string of the molecule is COc1cccc(CCN/C=C(/C#N)C(=O)NCCCCCC(=O)O)c1. The number of carboxylic acids is 1. The van der Waals surface area contributed by atoms with Gasteiger partial charge in [0.1, 0.15) is 17.4 Å². The molecule has 1 amide bonds. The van der Waals surface area contributed by atoms with Crippen molar-refractivity contribution in [2.45, 2.75) is 32.1 Å². The summed E-state index contributed by atoms with van der Waals surface area (Å²) in [6.07, 6.45) is 4.27. The number of aliphatic carboxylic acids is 1. The summed E-state index contributed by atoms with van der Waals surface area (Å²) in [6, 6.07) is 9.58. The van der Waals surface area contributed by atoms with Gasteiger partial charge in [-0.2, -0.15) is 5.26 Å². The van der Waals surface area contributed by atoms with Crippen LogP contribution in [-0.2, 0) is 16.0 Å². The summed E-state index contributed by atoms with van der Waals surface area (Å²) in [7, 11) is 1.62. The van der Waals surface area contributed by atoms with Gasteiger partial charge in [0.15, 0.2) is 0 Å². The van der Waals surface area contributed by atoms with E-state index in [1.54, 1.807) is 7.11 Å². The van der Waals surface area contributed by atoms with Crippen LogP contribution in [0.5, 0.6) is 5.75 Å². The summed E-state index contributed by atoms with van der Waals surface area (Å²) in [5, 5.41) is 23.3. The average molecular weight is 359 g/mol. The molecule has 0 saturated carbocycles. The first-order chi connectivity index (χ1) is 12.6. The molecule has 0 atom stereocenters. The van der Waals surface area contributed by atoms with Gasteiger partial charge in [-0.15, -0.1) is 0 Å². The van der Waals surface area contributed by atoms with E-state index < -0.39 is 11.9 Å². The number of nitrogens with zero attached hydrogens (tertiary/aromatic N) is 1. The second kappa shape index (κ2) is 12.4. The number of carbonyl (C=O) groups excluding carboxylic acids is 1. The molecule has 0 saturated heterocycles. The third-order valence-electron chi connectivity index (χ3n) is 3.66. The summed E-state index contributed by atoms with van der Waals surface area (Å²) in [5.74, 6) is -0.457. The molecule has 0 radical (unpaired) electrons. The van der Waals surface area contributed by atoms with Gasteiger partial charge >= 0.3 is 5.97 Å². The standard InChI is InChI=1S/C19H25N3O4/c1-26-17-7-5-6-15(12-17)9-11-21-14-16(13-20)19(25)22-10-4-2-3-8-18(23)24/h5-7,12,14,21H,2-4,8-11H2,1H3,(H,22,25)(H,23,24)/b16-14-. The fourth-order valence-corrected chi connectivity index (χ4v) is 2.24. The zero-order chi connectivity index (χ0) is 19.2. The number of benzene rings is 1. The van der Waals surface area contributed by atoms with E-state index in [9.17, 15) is 9.59 Å². The number of unbranched alkanes of at least 4 members (excludes halogenated alkanes) is 2. The Bertz CT molecular complexity index is 665. The van der Waals surface area contributed by atoms with Gasteiger partial charge in [-0.1, -0.05) is 18.6 Å². The Balaban J connectivity index is 2.29. The highest BCUT2D eigenvalue weighted by Gasteiger charge is 2.07. The molecule has 0 aliphatic rings. The van der Waals surface area contributed by atoms with Crippen LogP contribution in [0.1, 0.15) is 31.2 Å². The van der Waals surface area contributed by atoms with Crippen molar-refractivity contribution in [1.82, 2.24) is 10.6 Å². The molecule has 26 heavy (non-hydrogen) atoms. The maximum absolute atomic E-state index is 11.9. The Morgan fingerprint density at radius 1 is 1.27 bits per heavy atom. The van der Waals surface area contributed by atoms with Gasteiger partial charge in [-0.25, -0.2) is 0 Å². The molecule has 0 aliphatic carbocycles. The molecule has 7 nitrogen and oxygen atoms in total. The van der Waals surface area contributed by atoms with Gasteiger partial charge < -0.3 is 20.5 Å². The van der Waals surface area contributed by atoms with Crippen LogP contribution in [0.3, 0.4) is 0 Å². The van der Waals surface area contributed by atoms with Crippen molar-refractivity contribution in [3.05, 3.63) is 41.6 Å². The number of carboxylic acid groups (broad SMARTS) is 1. The number of nitriles is 1. The molecule has 1 aromatic rings. The van der Waals surface area contributed by atoms with Crippen LogP contribution >= 0.6 is 0 Å². The quantitative estimate of drug-likeness (QED) is 0.299. The number of carbonyl (C=O) groups is 2. The predicted molar refractivity (Wildman–Crippen MR) is 97.5 cm³/mol. The van der Waals surface area contributed by atoms with Crippen molar-refractivity contribution < 1.29 is 19.4 Å². The minimum Gasteiger partial charge on any atom is -0.497 e. The smallest absolute Gasteiger partial charge is 0.303 e. The fourth-order valence-electron chi connectivity index (χ4n) is 2.24. The van der Waals surface area contributed by atoms with Crippen LogP contribution in [0, 0.1) is 11.3 Å². The zero-order valence-corrected chi connectivity index (χ0v) is 15.0. The van der Waals surface area contributed by atoms with Gasteiger partial charge in [-0.05, 0) is 37.0 Å². The molecule has 0 aromatic heterocycles. The van der Waals surface area contributed by atoms with Crippen LogP contribution < -0.4 is 15.4 Å². The molecule has 140 valence electrons. The lowest BCUT2D eigenvalue weighted by molar-refractivity contribution is -0.137. The Kier molecular flexibility index (Phi) is 10.0. The number of hydrogen-bond acceptors (Lipinski definition) is 5. The molecule has 1 rings (SSSR count). The van der Waals surface area contributed by atoms with Gasteiger partial charge in [0, 0.05) is 25.7 Å². The first-order valence-corrected chi connectivity index (χ1v) is 8.53. The Morgan fingerprint density at radius 2 is 2.08 bits per heavy atom. The Morgan fingerprint density at radius 3 is 2.77 bits per heavy atom. The van der Waals surface area contributed by atoms with Crippen LogP contribution in [0.15, 0.2) is 36.0 Å². The van der Waals surface area contributed by atoms with E-state index in [4.69, 9.17) is 15.1 Å². The molecular weight excluding hydrogens is 334 g/mol. The van der Waals surface area contributed by atoms with Gasteiger partial charge in [-0.3, -0.25) is 9.59 Å². The number of rotatable bonds is 12. The van der Waals surface area contributed by atoms with E-state index >= 15 is 0 Å². The lowest BCUT2D eigenvalue weighted by Gasteiger charge is -2.06. The minimum absolute atomic E-state index is 0.0150. The van der Waals surface area contributed by atoms with Gasteiger partial charge in [0.05, 0.1) is 7.11 Å². The first kappa shape index (κ1) is 21.0. The van der Waals surface area contributed by atoms with E-state index in [-0.39, 0.29) is 12.0 Å². The van der Waals surface area contributed by atoms with E-state index in [0.717, 1.165) is 24.2 Å². The van der Waals surface area contributed by atoms with Crippen LogP contribution in [0.4, 0.5) is 0 Å². The molecule has 0 aliphatic heterocycles. The van der Waals surface area contributed by atoms with Crippen LogP contribution in [0.2, 0.25) is 0 Å². The highest BCUT2D eigenvalue weighted by molar-refractivity contribution is 5.97. The molecule has 0 bridgehead atoms. The zero-order valence-electron chi connectivity index (χ0n) is 15.0. The fraction of sp³-hybridized carbons (Fsp3) is 0.421. The molecule has 7 heteroatoms. The molecule has 3 N–H and O–H groups in total. The highest BCUT2D eigenvalue weighted by Crippen LogP contribution is 2.12. The van der Waals surface area contributed by atoms with Crippen molar-refractivity contribution in [2.75, 3.05) is 20.2 Å². The molecule has 0 spiro atoms. The largest absolute Gasteiger partial charge is 0.497 e. The molecule has 1 aromatic carbocycles. The Hall–Kier alpha value is -3.01. The number of hydrogen-bond donors (Lipinski definition) is 3. The van der Waals surface area contributed by atoms with Gasteiger partial charge in [0.2, 0.25) is 0 Å². The second-order valence-corrected chi connectivity index (χ2v) is 5.69. The van der Waals surface area contributed by atoms with E-state index in [0.29, 0.717) is 25.9 Å². The summed E-state index contributed by atoms with van der Waals surface area (Å²) in [5.41, 5.74) is 1.11. The van der Waals surface area contributed by atoms with Crippen LogP contribution in [-0.4, -0.2) is 37.2 Å². The second-order valence-electron chi connectivity index (χ2n) is 5.69. The summed E-state index contributed by atoms with van der Waals surface area (Å²) in [6.45, 7) is 1.00. The number of methoxy groups -OCH3 is 1. The topological polar surface area (TPSA) is 111 Å². The van der Waals surface area contributed by atoms with Crippen molar-refractivity contribution in [3.8, 4) is 11.8 Å². The monoisotopic (exact) mass is 359 g/mol. The number of amides is 1. The van der Waals surface area contributed by atoms with Crippen molar-refractivity contribution in [2.24, 2.45) is 0 Å². The highest BCUT2D eigenvalue weighted by atomic mass is 16.5. The lowest BCUT2D eigenvalue weighted by Crippen LogP contribution is -2.27. The molecular formula is C19H25N3O4.